The van der Waals surface area contributed by atoms with Crippen LogP contribution in [-0.2, 0) is 6.54 Å². The summed E-state index contributed by atoms with van der Waals surface area (Å²) >= 11 is 5.31. The molecule has 170 valence electrons. The smallest absolute Gasteiger partial charge is 0.293 e. The average molecular weight is 452 g/mol. The van der Waals surface area contributed by atoms with Crippen LogP contribution in [0.25, 0.3) is 11.0 Å². The summed E-state index contributed by atoms with van der Waals surface area (Å²) < 4.78 is 5.59. The summed E-state index contributed by atoms with van der Waals surface area (Å²) in [6, 6.07) is 17.5. The van der Waals surface area contributed by atoms with Gasteiger partial charge in [-0.2, -0.15) is 0 Å². The zero-order valence-electron chi connectivity index (χ0n) is 19.0. The van der Waals surface area contributed by atoms with Gasteiger partial charge < -0.3 is 9.73 Å². The summed E-state index contributed by atoms with van der Waals surface area (Å²) in [5, 5.41) is 6.89. The van der Waals surface area contributed by atoms with Crippen LogP contribution >= 0.6 is 12.2 Å². The van der Waals surface area contributed by atoms with E-state index in [9.17, 15) is 4.79 Å². The maximum absolute atomic E-state index is 12.4. The van der Waals surface area contributed by atoms with Crippen molar-refractivity contribution in [2.24, 2.45) is 0 Å². The average Bonchev–Trinajstić information content (AvgIpc) is 3.23. The fourth-order valence-corrected chi connectivity index (χ4v) is 3.82. The van der Waals surface area contributed by atoms with Crippen molar-refractivity contribution in [1.29, 1.82) is 0 Å². The Morgan fingerprint density at radius 3 is 2.41 bits per heavy atom. The van der Waals surface area contributed by atoms with Crippen LogP contribution in [0.15, 0.2) is 59.0 Å². The molecule has 3 rings (SSSR count). The summed E-state index contributed by atoms with van der Waals surface area (Å²) in [6.07, 6.45) is 6.21. The molecule has 3 aromatic rings. The van der Waals surface area contributed by atoms with E-state index in [2.05, 4.69) is 41.5 Å². The molecule has 32 heavy (non-hydrogen) atoms. The standard InChI is InChI=1S/C26H33N3O2S/c1-3-5-9-17-29(16-6-4-2)19-20-12-14-22(15-13-20)27-26(32)28-25(30)24-18-21-10-7-8-11-23(21)31-24/h7-8,10-15,18H,3-6,9,16-17,19H2,1-2H3,(H2,27,28,30,32). The van der Waals surface area contributed by atoms with Gasteiger partial charge in [-0.15, -0.1) is 0 Å². The fourth-order valence-electron chi connectivity index (χ4n) is 3.61. The minimum Gasteiger partial charge on any atom is -0.451 e. The first-order chi connectivity index (χ1) is 15.6. The van der Waals surface area contributed by atoms with E-state index in [1.54, 1.807) is 6.07 Å². The quantitative estimate of drug-likeness (QED) is 0.263. The number of nitrogens with zero attached hydrogens (tertiary/aromatic N) is 1. The Morgan fingerprint density at radius 1 is 0.969 bits per heavy atom. The molecule has 0 aliphatic heterocycles. The molecule has 6 heteroatoms. The lowest BCUT2D eigenvalue weighted by molar-refractivity contribution is 0.0953. The van der Waals surface area contributed by atoms with Gasteiger partial charge in [-0.1, -0.05) is 63.4 Å². The number of thiocarbonyl (C=S) groups is 1. The molecule has 0 saturated carbocycles. The van der Waals surface area contributed by atoms with Crippen molar-refractivity contribution in [2.45, 2.75) is 52.5 Å². The lowest BCUT2D eigenvalue weighted by Crippen LogP contribution is -2.33. The number of unbranched alkanes of at least 4 members (excludes halogenated alkanes) is 3. The number of para-hydroxylation sites is 1. The Labute approximate surface area is 196 Å². The van der Waals surface area contributed by atoms with Gasteiger partial charge in [0.25, 0.3) is 5.91 Å². The van der Waals surface area contributed by atoms with Crippen molar-refractivity contribution < 1.29 is 9.21 Å². The molecule has 0 atom stereocenters. The number of fused-ring (bicyclic) bond motifs is 1. The first-order valence-electron chi connectivity index (χ1n) is 11.5. The highest BCUT2D eigenvalue weighted by atomic mass is 32.1. The Balaban J connectivity index is 1.52. The summed E-state index contributed by atoms with van der Waals surface area (Å²) in [5.74, 6) is -0.130. The molecule has 0 unspecified atom stereocenters. The highest BCUT2D eigenvalue weighted by Gasteiger charge is 2.13. The molecule has 0 spiro atoms. The summed E-state index contributed by atoms with van der Waals surface area (Å²) in [5.41, 5.74) is 2.80. The van der Waals surface area contributed by atoms with Crippen LogP contribution in [0.2, 0.25) is 0 Å². The van der Waals surface area contributed by atoms with Crippen LogP contribution in [0.3, 0.4) is 0 Å². The van der Waals surface area contributed by atoms with Crippen LogP contribution in [0.5, 0.6) is 0 Å². The number of nitrogens with one attached hydrogen (secondary N) is 2. The van der Waals surface area contributed by atoms with Gasteiger partial charge in [-0.05, 0) is 68.0 Å². The lowest BCUT2D eigenvalue weighted by Gasteiger charge is -2.22. The number of carbonyl (C=O) groups excluding carboxylic acids is 1. The number of anilines is 1. The lowest BCUT2D eigenvalue weighted by atomic mass is 10.1. The van der Waals surface area contributed by atoms with Gasteiger partial charge in [-0.3, -0.25) is 15.0 Å². The molecular formula is C26H33N3O2S. The Bertz CT molecular complexity index is 980. The van der Waals surface area contributed by atoms with Crippen LogP contribution in [-0.4, -0.2) is 29.0 Å². The number of carbonyl (C=O) groups is 1. The molecule has 0 fully saturated rings. The molecule has 1 amide bonds. The van der Waals surface area contributed by atoms with E-state index in [0.29, 0.717) is 5.58 Å². The van der Waals surface area contributed by atoms with Crippen molar-refractivity contribution in [3.63, 3.8) is 0 Å². The third kappa shape index (κ3) is 7.18. The molecule has 1 aromatic heterocycles. The van der Waals surface area contributed by atoms with Crippen molar-refractivity contribution in [3.8, 4) is 0 Å². The van der Waals surface area contributed by atoms with E-state index in [0.717, 1.165) is 30.7 Å². The highest BCUT2D eigenvalue weighted by molar-refractivity contribution is 7.80. The SMILES string of the molecule is CCCCCN(CCCC)Cc1ccc(NC(=S)NC(=O)c2cc3ccccc3o2)cc1. The number of furan rings is 1. The maximum atomic E-state index is 12.4. The molecule has 5 nitrogen and oxygen atoms in total. The van der Waals surface area contributed by atoms with Crippen LogP contribution < -0.4 is 10.6 Å². The third-order valence-electron chi connectivity index (χ3n) is 5.40. The van der Waals surface area contributed by atoms with Crippen molar-refractivity contribution >= 4 is 39.9 Å². The second kappa shape index (κ2) is 12.4. The molecule has 0 saturated heterocycles. The first-order valence-corrected chi connectivity index (χ1v) is 11.9. The van der Waals surface area contributed by atoms with Gasteiger partial charge in [0.2, 0.25) is 0 Å². The van der Waals surface area contributed by atoms with E-state index < -0.39 is 0 Å². The Morgan fingerprint density at radius 2 is 1.69 bits per heavy atom. The van der Waals surface area contributed by atoms with Gasteiger partial charge in [0.05, 0.1) is 0 Å². The van der Waals surface area contributed by atoms with Crippen LogP contribution in [0.4, 0.5) is 5.69 Å². The van der Waals surface area contributed by atoms with Gasteiger partial charge in [-0.25, -0.2) is 0 Å². The predicted molar refractivity (Wildman–Crippen MR) is 136 cm³/mol. The monoisotopic (exact) mass is 451 g/mol. The molecule has 2 N–H and O–H groups in total. The maximum Gasteiger partial charge on any atom is 0.293 e. The first kappa shape index (κ1) is 24.0. The van der Waals surface area contributed by atoms with Crippen molar-refractivity contribution in [2.75, 3.05) is 18.4 Å². The van der Waals surface area contributed by atoms with Crippen LogP contribution in [0.1, 0.15) is 62.1 Å². The normalized spacial score (nSPS) is 11.1. The van der Waals surface area contributed by atoms with E-state index in [1.807, 2.05) is 36.4 Å². The topological polar surface area (TPSA) is 57.5 Å². The van der Waals surface area contributed by atoms with E-state index in [1.165, 1.54) is 37.7 Å². The molecule has 2 aromatic carbocycles. The second-order valence-electron chi connectivity index (χ2n) is 8.09. The highest BCUT2D eigenvalue weighted by Crippen LogP contribution is 2.19. The number of benzene rings is 2. The van der Waals surface area contributed by atoms with E-state index in [-0.39, 0.29) is 16.8 Å². The number of hydrogen-bond acceptors (Lipinski definition) is 4. The van der Waals surface area contributed by atoms with Gasteiger partial charge in [0, 0.05) is 17.6 Å². The molecule has 0 aliphatic carbocycles. The second-order valence-corrected chi connectivity index (χ2v) is 8.50. The van der Waals surface area contributed by atoms with Crippen molar-refractivity contribution in [1.82, 2.24) is 10.2 Å². The van der Waals surface area contributed by atoms with E-state index in [4.69, 9.17) is 16.6 Å². The zero-order valence-corrected chi connectivity index (χ0v) is 19.8. The zero-order chi connectivity index (χ0) is 22.8. The number of rotatable bonds is 11. The predicted octanol–water partition coefficient (Wildman–Crippen LogP) is 6.35. The number of amides is 1. The Kier molecular flexibility index (Phi) is 9.26. The largest absolute Gasteiger partial charge is 0.451 e. The molecule has 0 aliphatic rings. The molecule has 1 heterocycles. The van der Waals surface area contributed by atoms with Gasteiger partial charge in [0.1, 0.15) is 5.58 Å². The van der Waals surface area contributed by atoms with Crippen molar-refractivity contribution in [3.05, 3.63) is 65.9 Å². The fraction of sp³-hybridized carbons (Fsp3) is 0.385. The Hall–Kier alpha value is -2.70. The minimum atomic E-state index is -0.367. The molecular weight excluding hydrogens is 418 g/mol. The third-order valence-corrected chi connectivity index (χ3v) is 5.60. The minimum absolute atomic E-state index is 0.237. The van der Waals surface area contributed by atoms with Gasteiger partial charge in [0.15, 0.2) is 10.9 Å². The van der Waals surface area contributed by atoms with E-state index >= 15 is 0 Å². The van der Waals surface area contributed by atoms with Gasteiger partial charge >= 0.3 is 0 Å². The molecule has 0 bridgehead atoms. The summed E-state index contributed by atoms with van der Waals surface area (Å²) in [6.45, 7) is 7.72. The van der Waals surface area contributed by atoms with Crippen LogP contribution in [0, 0.1) is 0 Å². The summed E-state index contributed by atoms with van der Waals surface area (Å²) in [4.78, 5) is 15.0. The summed E-state index contributed by atoms with van der Waals surface area (Å²) in [7, 11) is 0. The molecule has 0 radical (unpaired) electrons. The number of hydrogen-bond donors (Lipinski definition) is 2.